The van der Waals surface area contributed by atoms with E-state index < -0.39 is 27.5 Å². The number of ether oxygens (including phenoxy) is 3. The van der Waals surface area contributed by atoms with Crippen LogP contribution < -0.4 is 13.8 Å². The van der Waals surface area contributed by atoms with Crippen LogP contribution in [0.4, 0.5) is 11.4 Å². The Bertz CT molecular complexity index is 989. The number of rotatable bonds is 9. The number of nitro groups is 1. The maximum absolute atomic E-state index is 13.2. The van der Waals surface area contributed by atoms with Gasteiger partial charge in [0, 0.05) is 18.2 Å². The van der Waals surface area contributed by atoms with Crippen molar-refractivity contribution in [3.05, 3.63) is 52.6 Å². The summed E-state index contributed by atoms with van der Waals surface area (Å²) in [5.41, 5.74) is -0.178. The van der Waals surface area contributed by atoms with Gasteiger partial charge in [-0.3, -0.25) is 19.2 Å². The zero-order valence-corrected chi connectivity index (χ0v) is 16.8. The topological polar surface area (TPSA) is 125 Å². The van der Waals surface area contributed by atoms with Gasteiger partial charge in [0.15, 0.2) is 0 Å². The van der Waals surface area contributed by atoms with Crippen LogP contribution in [0.15, 0.2) is 47.4 Å². The Kier molecular flexibility index (Phi) is 6.99. The Morgan fingerprint density at radius 3 is 2.28 bits per heavy atom. The molecule has 2 aromatic carbocycles. The van der Waals surface area contributed by atoms with E-state index >= 15 is 0 Å². The summed E-state index contributed by atoms with van der Waals surface area (Å²) < 4.78 is 42.6. The van der Waals surface area contributed by atoms with Crippen molar-refractivity contribution in [3.63, 3.8) is 0 Å². The lowest BCUT2D eigenvalue weighted by atomic mass is 10.2. The average Bonchev–Trinajstić information content (AvgIpc) is 2.71. The van der Waals surface area contributed by atoms with Crippen LogP contribution in [0, 0.1) is 10.1 Å². The fourth-order valence-electron chi connectivity index (χ4n) is 2.48. The molecule has 0 aromatic heterocycles. The van der Waals surface area contributed by atoms with Gasteiger partial charge in [-0.25, -0.2) is 8.42 Å². The molecular formula is C18H20N2O8S. The van der Waals surface area contributed by atoms with Gasteiger partial charge in [-0.2, -0.15) is 0 Å². The lowest BCUT2D eigenvalue weighted by Gasteiger charge is -2.25. The highest BCUT2D eigenvalue weighted by molar-refractivity contribution is 7.92. The number of methoxy groups -OCH3 is 2. The van der Waals surface area contributed by atoms with E-state index in [0.717, 1.165) is 28.6 Å². The molecule has 0 amide bonds. The standard InChI is InChI=1S/C18H20N2O8S/c1-4-28-18(21)12-19(16-10-7-14(26-2)11-17(16)27-3)29(24,25)15-8-5-13(6-9-15)20(22)23/h5-11H,4,12H2,1-3H3. The quantitative estimate of drug-likeness (QED) is 0.341. The summed E-state index contributed by atoms with van der Waals surface area (Å²) >= 11 is 0. The van der Waals surface area contributed by atoms with Gasteiger partial charge in [0.05, 0.1) is 36.3 Å². The number of hydrogen-bond donors (Lipinski definition) is 0. The summed E-state index contributed by atoms with van der Waals surface area (Å²) in [6.07, 6.45) is 0. The predicted molar refractivity (Wildman–Crippen MR) is 104 cm³/mol. The summed E-state index contributed by atoms with van der Waals surface area (Å²) in [4.78, 5) is 22.1. The molecule has 2 aromatic rings. The first-order valence-electron chi connectivity index (χ1n) is 8.39. The van der Waals surface area contributed by atoms with E-state index in [-0.39, 0.29) is 28.6 Å². The fraction of sp³-hybridized carbons (Fsp3) is 0.278. The molecule has 0 saturated carbocycles. The van der Waals surface area contributed by atoms with Crippen molar-refractivity contribution in [3.8, 4) is 11.5 Å². The third kappa shape index (κ3) is 4.93. The first kappa shape index (κ1) is 22.0. The van der Waals surface area contributed by atoms with E-state index in [0.29, 0.717) is 5.75 Å². The number of nitro benzene ring substituents is 1. The van der Waals surface area contributed by atoms with Gasteiger partial charge >= 0.3 is 5.97 Å². The number of nitrogens with zero attached hydrogens (tertiary/aromatic N) is 2. The molecule has 29 heavy (non-hydrogen) atoms. The molecule has 0 unspecified atom stereocenters. The van der Waals surface area contributed by atoms with E-state index in [1.807, 2.05) is 0 Å². The van der Waals surface area contributed by atoms with Crippen molar-refractivity contribution in [2.75, 3.05) is 31.7 Å². The van der Waals surface area contributed by atoms with Crippen LogP contribution in [0.25, 0.3) is 0 Å². The third-order valence-electron chi connectivity index (χ3n) is 3.87. The zero-order valence-electron chi connectivity index (χ0n) is 16.0. The molecule has 0 aliphatic heterocycles. The minimum atomic E-state index is -4.27. The predicted octanol–water partition coefficient (Wildman–Crippen LogP) is 2.37. The minimum Gasteiger partial charge on any atom is -0.497 e. The molecule has 0 aliphatic rings. The maximum Gasteiger partial charge on any atom is 0.326 e. The molecule has 0 atom stereocenters. The van der Waals surface area contributed by atoms with Crippen molar-refractivity contribution in [2.45, 2.75) is 11.8 Å². The second-order valence-electron chi connectivity index (χ2n) is 5.61. The fourth-order valence-corrected chi connectivity index (χ4v) is 3.90. The number of esters is 1. The normalized spacial score (nSPS) is 10.9. The number of carbonyl (C=O) groups is 1. The highest BCUT2D eigenvalue weighted by Crippen LogP contribution is 2.35. The summed E-state index contributed by atoms with van der Waals surface area (Å²) in [7, 11) is -1.48. The van der Waals surface area contributed by atoms with Crippen molar-refractivity contribution < 1.29 is 32.3 Å². The van der Waals surface area contributed by atoms with Crippen LogP contribution in [0.5, 0.6) is 11.5 Å². The summed E-state index contributed by atoms with van der Waals surface area (Å²) in [6, 6.07) is 8.75. The molecule has 0 spiro atoms. The number of carbonyl (C=O) groups excluding carboxylic acids is 1. The maximum atomic E-state index is 13.2. The lowest BCUT2D eigenvalue weighted by Crippen LogP contribution is -2.36. The van der Waals surface area contributed by atoms with Gasteiger partial charge in [-0.15, -0.1) is 0 Å². The zero-order chi connectivity index (χ0) is 21.6. The summed E-state index contributed by atoms with van der Waals surface area (Å²) in [6.45, 7) is 1.06. The number of anilines is 1. The van der Waals surface area contributed by atoms with Crippen LogP contribution in [-0.2, 0) is 19.6 Å². The van der Waals surface area contributed by atoms with Crippen LogP contribution in [-0.4, -0.2) is 46.7 Å². The van der Waals surface area contributed by atoms with E-state index in [1.165, 1.54) is 32.4 Å². The molecule has 0 radical (unpaired) electrons. The van der Waals surface area contributed by atoms with Crippen molar-refractivity contribution in [1.82, 2.24) is 0 Å². The van der Waals surface area contributed by atoms with Crippen molar-refractivity contribution >= 4 is 27.4 Å². The van der Waals surface area contributed by atoms with E-state index in [9.17, 15) is 23.3 Å². The van der Waals surface area contributed by atoms with Gasteiger partial charge in [-0.05, 0) is 31.2 Å². The number of hydrogen-bond acceptors (Lipinski definition) is 8. The Morgan fingerprint density at radius 1 is 1.10 bits per heavy atom. The van der Waals surface area contributed by atoms with Gasteiger partial charge in [0.25, 0.3) is 15.7 Å². The van der Waals surface area contributed by atoms with Gasteiger partial charge in [0.1, 0.15) is 18.0 Å². The SMILES string of the molecule is CCOC(=O)CN(c1ccc(OC)cc1OC)S(=O)(=O)c1ccc([N+](=O)[O-])cc1. The van der Waals surface area contributed by atoms with Crippen LogP contribution in [0.1, 0.15) is 6.92 Å². The second kappa shape index (κ2) is 9.24. The van der Waals surface area contributed by atoms with Gasteiger partial charge in [-0.1, -0.05) is 0 Å². The monoisotopic (exact) mass is 424 g/mol. The third-order valence-corrected chi connectivity index (χ3v) is 5.64. The number of non-ortho nitro benzene ring substituents is 1. The molecule has 11 heteroatoms. The van der Waals surface area contributed by atoms with Crippen molar-refractivity contribution in [1.29, 1.82) is 0 Å². The Morgan fingerprint density at radius 2 is 1.76 bits per heavy atom. The van der Waals surface area contributed by atoms with Gasteiger partial charge < -0.3 is 14.2 Å². The van der Waals surface area contributed by atoms with Crippen LogP contribution >= 0.6 is 0 Å². The Labute approximate surface area is 167 Å². The largest absolute Gasteiger partial charge is 0.497 e. The second-order valence-corrected chi connectivity index (χ2v) is 7.47. The molecule has 10 nitrogen and oxygen atoms in total. The molecule has 0 N–H and O–H groups in total. The van der Waals surface area contributed by atoms with E-state index in [1.54, 1.807) is 6.92 Å². The molecule has 0 fully saturated rings. The molecule has 0 heterocycles. The van der Waals surface area contributed by atoms with Crippen molar-refractivity contribution in [2.24, 2.45) is 0 Å². The molecule has 156 valence electrons. The molecule has 2 rings (SSSR count). The lowest BCUT2D eigenvalue weighted by molar-refractivity contribution is -0.384. The first-order chi connectivity index (χ1) is 13.7. The van der Waals surface area contributed by atoms with Crippen LogP contribution in [0.2, 0.25) is 0 Å². The van der Waals surface area contributed by atoms with Gasteiger partial charge in [0.2, 0.25) is 0 Å². The van der Waals surface area contributed by atoms with E-state index in [4.69, 9.17) is 14.2 Å². The molecule has 0 saturated heterocycles. The minimum absolute atomic E-state index is 0.0734. The molecular weight excluding hydrogens is 404 g/mol. The Hall–Kier alpha value is -3.34. The summed E-state index contributed by atoms with van der Waals surface area (Å²) in [5.74, 6) is -0.190. The molecule has 0 aliphatic carbocycles. The number of sulfonamides is 1. The molecule has 0 bridgehead atoms. The number of benzene rings is 2. The highest BCUT2D eigenvalue weighted by atomic mass is 32.2. The Balaban J connectivity index is 2.58. The highest BCUT2D eigenvalue weighted by Gasteiger charge is 2.30. The van der Waals surface area contributed by atoms with E-state index in [2.05, 4.69) is 0 Å². The first-order valence-corrected chi connectivity index (χ1v) is 9.83. The van der Waals surface area contributed by atoms with Crippen LogP contribution in [0.3, 0.4) is 0 Å². The smallest absolute Gasteiger partial charge is 0.326 e. The summed E-state index contributed by atoms with van der Waals surface area (Å²) in [5, 5.41) is 10.8. The average molecular weight is 424 g/mol.